The summed E-state index contributed by atoms with van der Waals surface area (Å²) >= 11 is 3.42. The van der Waals surface area contributed by atoms with Crippen LogP contribution in [0, 0.1) is 6.92 Å². The topological polar surface area (TPSA) is 122 Å². The Bertz CT molecular complexity index is 802. The molecule has 0 saturated carbocycles. The zero-order chi connectivity index (χ0) is 20.5. The molecule has 0 aromatic carbocycles. The predicted molar refractivity (Wildman–Crippen MR) is 110 cm³/mol. The van der Waals surface area contributed by atoms with Crippen molar-refractivity contribution < 1.29 is 9.84 Å². The highest BCUT2D eigenvalue weighted by atomic mass is 79.9. The van der Waals surface area contributed by atoms with Crippen LogP contribution in [0.1, 0.15) is 56.7 Å². The number of ether oxygens (including phenoxy) is 1. The van der Waals surface area contributed by atoms with E-state index >= 15 is 0 Å². The predicted octanol–water partition coefficient (Wildman–Crippen LogP) is 3.01. The molecule has 0 radical (unpaired) electrons. The molecule has 1 aromatic rings. The van der Waals surface area contributed by atoms with Crippen LogP contribution < -0.4 is 11.2 Å². The van der Waals surface area contributed by atoms with Gasteiger partial charge in [0, 0.05) is 35.0 Å². The molecule has 1 aromatic heterocycles. The second-order valence-corrected chi connectivity index (χ2v) is 7.88. The van der Waals surface area contributed by atoms with Gasteiger partial charge in [0.25, 0.3) is 5.56 Å². The van der Waals surface area contributed by atoms with Gasteiger partial charge in [0.05, 0.1) is 18.8 Å². The van der Waals surface area contributed by atoms with Gasteiger partial charge in [0.15, 0.2) is 0 Å². The number of aliphatic hydroxyl groups excluding tert-OH is 1. The van der Waals surface area contributed by atoms with Crippen molar-refractivity contribution in [3.63, 3.8) is 0 Å². The molecule has 1 N–H and O–H groups in total. The Kier molecular flexibility index (Phi) is 9.24. The van der Waals surface area contributed by atoms with Crippen molar-refractivity contribution in [3.05, 3.63) is 43.0 Å². The molecule has 156 valence electrons. The molecule has 1 fully saturated rings. The normalized spacial score (nSPS) is 21.6. The van der Waals surface area contributed by atoms with E-state index in [1.54, 1.807) is 6.92 Å². The minimum atomic E-state index is -0.671. The van der Waals surface area contributed by atoms with E-state index in [1.165, 1.54) is 21.8 Å². The summed E-state index contributed by atoms with van der Waals surface area (Å²) in [6, 6.07) is -0.549. The summed E-state index contributed by atoms with van der Waals surface area (Å²) in [4.78, 5) is 28.1. The molecule has 0 unspecified atom stereocenters. The number of halogens is 1. The van der Waals surface area contributed by atoms with Crippen LogP contribution in [0.2, 0.25) is 0 Å². The molecular formula is C18H28BrN5O4. The van der Waals surface area contributed by atoms with E-state index in [4.69, 9.17) is 10.3 Å². The third-order valence-electron chi connectivity index (χ3n) is 5.03. The number of hydrogen-bond donors (Lipinski definition) is 1. The quantitative estimate of drug-likeness (QED) is 0.180. The number of hydrogen-bond acceptors (Lipinski definition) is 5. The first-order valence-electron chi connectivity index (χ1n) is 9.72. The summed E-state index contributed by atoms with van der Waals surface area (Å²) in [5, 5.41) is 14.1. The van der Waals surface area contributed by atoms with Crippen LogP contribution in [0.5, 0.6) is 0 Å². The Morgan fingerprint density at radius 2 is 1.96 bits per heavy atom. The first kappa shape index (κ1) is 22.7. The second kappa shape index (κ2) is 11.4. The minimum Gasteiger partial charge on any atom is -0.394 e. The van der Waals surface area contributed by atoms with Crippen LogP contribution >= 0.6 is 15.9 Å². The maximum atomic E-state index is 12.9. The van der Waals surface area contributed by atoms with Gasteiger partial charge in [0.1, 0.15) is 6.23 Å². The number of aryl methyl sites for hydroxylation is 1. The molecule has 10 heteroatoms. The van der Waals surface area contributed by atoms with Crippen LogP contribution in [0.15, 0.2) is 20.9 Å². The van der Waals surface area contributed by atoms with Crippen LogP contribution in [-0.4, -0.2) is 38.3 Å². The minimum absolute atomic E-state index is 0.278. The molecule has 2 rings (SSSR count). The van der Waals surface area contributed by atoms with Gasteiger partial charge in [-0.15, -0.1) is 0 Å². The molecule has 9 nitrogen and oxygen atoms in total. The van der Waals surface area contributed by atoms with Crippen LogP contribution in [0.3, 0.4) is 0 Å². The van der Waals surface area contributed by atoms with Crippen LogP contribution in [0.25, 0.3) is 10.4 Å². The maximum absolute atomic E-state index is 12.9. The summed E-state index contributed by atoms with van der Waals surface area (Å²) in [5.41, 5.74) is 8.40. The molecule has 3 atom stereocenters. The van der Waals surface area contributed by atoms with Gasteiger partial charge < -0.3 is 9.84 Å². The van der Waals surface area contributed by atoms with Gasteiger partial charge in [-0.05, 0) is 25.3 Å². The molecule has 0 spiro atoms. The maximum Gasteiger partial charge on any atom is 0.333 e. The molecule has 1 saturated heterocycles. The highest BCUT2D eigenvalue weighted by molar-refractivity contribution is 9.09. The van der Waals surface area contributed by atoms with E-state index < -0.39 is 24.1 Å². The summed E-state index contributed by atoms with van der Waals surface area (Å²) < 4.78 is 8.34. The standard InChI is InChI=1S/C18H28BrN5O4/c1-13-11-24(16-10-14(21-22-20)15(12-25)28-16)18(27)23(17(13)26)9-7-5-3-2-4-6-8-19/h11,14-16,25H,2-10,12H2,1H3/t14-,15+,16+/m0/s1. The highest BCUT2D eigenvalue weighted by Gasteiger charge is 2.36. The smallest absolute Gasteiger partial charge is 0.333 e. The van der Waals surface area contributed by atoms with Gasteiger partial charge in [0.2, 0.25) is 0 Å². The zero-order valence-electron chi connectivity index (χ0n) is 16.2. The zero-order valence-corrected chi connectivity index (χ0v) is 17.8. The molecule has 0 amide bonds. The van der Waals surface area contributed by atoms with Crippen molar-refractivity contribution >= 4 is 15.9 Å². The lowest BCUT2D eigenvalue weighted by Gasteiger charge is -2.17. The second-order valence-electron chi connectivity index (χ2n) is 7.09. The average Bonchev–Trinajstić information content (AvgIpc) is 3.09. The van der Waals surface area contributed by atoms with Crippen molar-refractivity contribution in [1.82, 2.24) is 9.13 Å². The van der Waals surface area contributed by atoms with Gasteiger partial charge in [-0.2, -0.15) is 0 Å². The average molecular weight is 458 g/mol. The molecule has 1 aliphatic rings. The fourth-order valence-electron chi connectivity index (χ4n) is 3.47. The number of azide groups is 1. The van der Waals surface area contributed by atoms with Crippen molar-refractivity contribution in [2.45, 2.75) is 76.8 Å². The monoisotopic (exact) mass is 457 g/mol. The number of alkyl halides is 1. The summed E-state index contributed by atoms with van der Waals surface area (Å²) in [6.45, 7) is 1.73. The van der Waals surface area contributed by atoms with Crippen LogP contribution in [-0.2, 0) is 11.3 Å². The summed E-state index contributed by atoms with van der Waals surface area (Å²) in [5.74, 6) is 0. The fourth-order valence-corrected chi connectivity index (χ4v) is 3.87. The Morgan fingerprint density at radius 3 is 2.61 bits per heavy atom. The van der Waals surface area contributed by atoms with E-state index in [-0.39, 0.29) is 18.6 Å². The van der Waals surface area contributed by atoms with E-state index in [0.29, 0.717) is 12.1 Å². The largest absolute Gasteiger partial charge is 0.394 e. The van der Waals surface area contributed by atoms with E-state index in [1.807, 2.05) is 0 Å². The molecule has 1 aliphatic heterocycles. The molecule has 0 aliphatic carbocycles. The summed E-state index contributed by atoms with van der Waals surface area (Å²) in [7, 11) is 0. The van der Waals surface area contributed by atoms with E-state index in [9.17, 15) is 14.7 Å². The van der Waals surface area contributed by atoms with Gasteiger partial charge in [-0.1, -0.05) is 46.7 Å². The number of aliphatic hydroxyl groups is 1. The van der Waals surface area contributed by atoms with Crippen molar-refractivity contribution in [3.8, 4) is 0 Å². The molecule has 28 heavy (non-hydrogen) atoms. The van der Waals surface area contributed by atoms with Crippen molar-refractivity contribution in [2.75, 3.05) is 11.9 Å². The Labute approximate surface area is 172 Å². The molecule has 0 bridgehead atoms. The van der Waals surface area contributed by atoms with Crippen molar-refractivity contribution in [1.29, 1.82) is 0 Å². The Morgan fingerprint density at radius 1 is 1.29 bits per heavy atom. The third kappa shape index (κ3) is 5.70. The van der Waals surface area contributed by atoms with Gasteiger partial charge in [-0.3, -0.25) is 13.9 Å². The molecular weight excluding hydrogens is 430 g/mol. The number of aromatic nitrogens is 2. The lowest BCUT2D eigenvalue weighted by molar-refractivity contribution is -0.0277. The van der Waals surface area contributed by atoms with E-state index in [2.05, 4.69) is 26.0 Å². The number of unbranched alkanes of at least 4 members (excludes halogenated alkanes) is 5. The Balaban J connectivity index is 2.10. The lowest BCUT2D eigenvalue weighted by atomic mass is 10.1. The lowest BCUT2D eigenvalue weighted by Crippen LogP contribution is -2.42. The third-order valence-corrected chi connectivity index (χ3v) is 5.59. The van der Waals surface area contributed by atoms with Crippen molar-refractivity contribution in [2.24, 2.45) is 5.11 Å². The molecule has 2 heterocycles. The summed E-state index contributed by atoms with van der Waals surface area (Å²) in [6.07, 6.45) is 6.74. The van der Waals surface area contributed by atoms with Gasteiger partial charge in [-0.25, -0.2) is 4.79 Å². The fraction of sp³-hybridized carbons (Fsp3) is 0.778. The first-order chi connectivity index (χ1) is 13.5. The number of rotatable bonds is 11. The number of nitrogens with zero attached hydrogens (tertiary/aromatic N) is 5. The first-order valence-corrected chi connectivity index (χ1v) is 10.8. The van der Waals surface area contributed by atoms with E-state index in [0.717, 1.165) is 37.4 Å². The van der Waals surface area contributed by atoms with Gasteiger partial charge >= 0.3 is 5.69 Å². The van der Waals surface area contributed by atoms with Crippen LogP contribution in [0.4, 0.5) is 0 Å². The SMILES string of the molecule is Cc1cn([C@H]2C[C@H](N=[N+]=[N-])[C@@H](CO)O2)c(=O)n(CCCCCCCCBr)c1=O. The Hall–Kier alpha value is -1.61. The highest BCUT2D eigenvalue weighted by Crippen LogP contribution is 2.29.